The summed E-state index contributed by atoms with van der Waals surface area (Å²) in [6.45, 7) is 3.00. The first kappa shape index (κ1) is 14.1. The Bertz CT molecular complexity index is 397. The molecule has 0 amide bonds. The Labute approximate surface area is 121 Å². The SMILES string of the molecule is CCCC1CC(Nc2ccc(F)cc2I)CCO1. The fourth-order valence-electron chi connectivity index (χ4n) is 2.36. The molecule has 1 aromatic rings. The standard InChI is InChI=1S/C14H19FINO/c1-2-3-12-9-11(6-7-18-12)17-14-5-4-10(15)8-13(14)16/h4-5,8,11-12,17H,2-3,6-7,9H2,1H3. The molecule has 2 rings (SSSR count). The molecule has 0 aliphatic carbocycles. The van der Waals surface area contributed by atoms with Crippen molar-refractivity contribution in [2.24, 2.45) is 0 Å². The van der Waals surface area contributed by atoms with E-state index in [1.54, 1.807) is 6.07 Å². The smallest absolute Gasteiger partial charge is 0.124 e. The molecule has 1 fully saturated rings. The number of anilines is 1. The van der Waals surface area contributed by atoms with Gasteiger partial charge in [0.05, 0.1) is 6.10 Å². The lowest BCUT2D eigenvalue weighted by Crippen LogP contribution is -2.34. The molecule has 2 unspecified atom stereocenters. The average Bonchev–Trinajstić information content (AvgIpc) is 2.34. The number of benzene rings is 1. The maximum Gasteiger partial charge on any atom is 0.124 e. The van der Waals surface area contributed by atoms with E-state index in [9.17, 15) is 4.39 Å². The van der Waals surface area contributed by atoms with Crippen LogP contribution in [0.5, 0.6) is 0 Å². The van der Waals surface area contributed by atoms with Crippen molar-refractivity contribution in [1.82, 2.24) is 0 Å². The highest BCUT2D eigenvalue weighted by atomic mass is 127. The van der Waals surface area contributed by atoms with Crippen LogP contribution >= 0.6 is 22.6 Å². The first-order chi connectivity index (χ1) is 8.69. The van der Waals surface area contributed by atoms with Gasteiger partial charge in [0.25, 0.3) is 0 Å². The first-order valence-electron chi connectivity index (χ1n) is 6.52. The summed E-state index contributed by atoms with van der Waals surface area (Å²) in [5.74, 6) is -0.180. The second-order valence-corrected chi connectivity index (χ2v) is 5.93. The van der Waals surface area contributed by atoms with Crippen LogP contribution in [0.25, 0.3) is 0 Å². The lowest BCUT2D eigenvalue weighted by Gasteiger charge is -2.31. The Balaban J connectivity index is 1.96. The van der Waals surface area contributed by atoms with Gasteiger partial charge in [-0.25, -0.2) is 4.39 Å². The monoisotopic (exact) mass is 363 g/mol. The third-order valence-corrected chi connectivity index (χ3v) is 4.16. The topological polar surface area (TPSA) is 21.3 Å². The van der Waals surface area contributed by atoms with Gasteiger partial charge in [0.2, 0.25) is 0 Å². The van der Waals surface area contributed by atoms with Crippen LogP contribution in [0, 0.1) is 9.39 Å². The summed E-state index contributed by atoms with van der Waals surface area (Å²) in [6, 6.07) is 5.33. The maximum atomic E-state index is 13.0. The molecular formula is C14H19FINO. The average molecular weight is 363 g/mol. The molecule has 1 heterocycles. The number of hydrogen-bond acceptors (Lipinski definition) is 2. The van der Waals surface area contributed by atoms with Crippen molar-refractivity contribution in [1.29, 1.82) is 0 Å². The molecule has 1 aliphatic rings. The van der Waals surface area contributed by atoms with Gasteiger partial charge in [0, 0.05) is 21.9 Å². The van der Waals surface area contributed by atoms with Crippen molar-refractivity contribution in [2.45, 2.75) is 44.8 Å². The zero-order valence-corrected chi connectivity index (χ0v) is 12.7. The molecule has 1 aromatic carbocycles. The zero-order valence-electron chi connectivity index (χ0n) is 10.6. The van der Waals surface area contributed by atoms with Gasteiger partial charge in [-0.1, -0.05) is 13.3 Å². The highest BCUT2D eigenvalue weighted by Gasteiger charge is 2.22. The van der Waals surface area contributed by atoms with Gasteiger partial charge in [0.1, 0.15) is 5.82 Å². The van der Waals surface area contributed by atoms with Gasteiger partial charge in [-0.15, -0.1) is 0 Å². The van der Waals surface area contributed by atoms with Crippen LogP contribution in [-0.4, -0.2) is 18.8 Å². The molecule has 0 spiro atoms. The minimum atomic E-state index is -0.180. The number of ether oxygens (including phenoxy) is 1. The summed E-state index contributed by atoms with van der Waals surface area (Å²) in [5.41, 5.74) is 1.03. The third kappa shape index (κ3) is 3.82. The Morgan fingerprint density at radius 1 is 1.50 bits per heavy atom. The maximum absolute atomic E-state index is 13.0. The second-order valence-electron chi connectivity index (χ2n) is 4.77. The molecule has 0 bridgehead atoms. The first-order valence-corrected chi connectivity index (χ1v) is 7.60. The van der Waals surface area contributed by atoms with Crippen molar-refractivity contribution in [3.05, 3.63) is 27.6 Å². The van der Waals surface area contributed by atoms with E-state index in [1.165, 1.54) is 6.07 Å². The fraction of sp³-hybridized carbons (Fsp3) is 0.571. The highest BCUT2D eigenvalue weighted by molar-refractivity contribution is 14.1. The quantitative estimate of drug-likeness (QED) is 0.810. The Morgan fingerprint density at radius 3 is 3.06 bits per heavy atom. The number of halogens is 2. The van der Waals surface area contributed by atoms with E-state index in [1.807, 2.05) is 6.07 Å². The number of hydrogen-bond donors (Lipinski definition) is 1. The van der Waals surface area contributed by atoms with Crippen molar-refractivity contribution < 1.29 is 9.13 Å². The third-order valence-electron chi connectivity index (χ3n) is 3.27. The van der Waals surface area contributed by atoms with Crippen molar-refractivity contribution in [2.75, 3.05) is 11.9 Å². The van der Waals surface area contributed by atoms with Crippen molar-refractivity contribution in [3.8, 4) is 0 Å². The lowest BCUT2D eigenvalue weighted by atomic mass is 10.00. The van der Waals surface area contributed by atoms with Crippen molar-refractivity contribution in [3.63, 3.8) is 0 Å². The molecule has 0 radical (unpaired) electrons. The summed E-state index contributed by atoms with van der Waals surface area (Å²) in [7, 11) is 0. The van der Waals surface area contributed by atoms with E-state index >= 15 is 0 Å². The van der Waals surface area contributed by atoms with Gasteiger partial charge in [-0.05, 0) is 60.1 Å². The summed E-state index contributed by atoms with van der Waals surface area (Å²) in [4.78, 5) is 0. The highest BCUT2D eigenvalue weighted by Crippen LogP contribution is 2.25. The van der Waals surface area contributed by atoms with Crippen LogP contribution < -0.4 is 5.32 Å². The molecule has 4 heteroatoms. The van der Waals surface area contributed by atoms with Crippen LogP contribution in [-0.2, 0) is 4.74 Å². The van der Waals surface area contributed by atoms with Crippen LogP contribution in [0.3, 0.4) is 0 Å². The second kappa shape index (κ2) is 6.70. The van der Waals surface area contributed by atoms with E-state index in [4.69, 9.17) is 4.74 Å². The zero-order chi connectivity index (χ0) is 13.0. The minimum absolute atomic E-state index is 0.180. The molecule has 0 saturated carbocycles. The molecule has 100 valence electrons. The molecule has 1 N–H and O–H groups in total. The summed E-state index contributed by atoms with van der Waals surface area (Å²) in [6.07, 6.45) is 4.72. The molecule has 18 heavy (non-hydrogen) atoms. The molecule has 2 atom stereocenters. The normalized spacial score (nSPS) is 23.9. The largest absolute Gasteiger partial charge is 0.381 e. The Hall–Kier alpha value is -0.360. The van der Waals surface area contributed by atoms with E-state index in [-0.39, 0.29) is 5.82 Å². The molecule has 1 saturated heterocycles. The summed E-state index contributed by atoms with van der Waals surface area (Å²) >= 11 is 2.17. The van der Waals surface area contributed by atoms with Gasteiger partial charge in [-0.3, -0.25) is 0 Å². The lowest BCUT2D eigenvalue weighted by molar-refractivity contribution is 0.00597. The van der Waals surface area contributed by atoms with E-state index in [0.717, 1.165) is 41.5 Å². The number of nitrogens with one attached hydrogen (secondary N) is 1. The van der Waals surface area contributed by atoms with Gasteiger partial charge in [0.15, 0.2) is 0 Å². The minimum Gasteiger partial charge on any atom is -0.381 e. The summed E-state index contributed by atoms with van der Waals surface area (Å²) in [5, 5.41) is 3.51. The molecule has 2 nitrogen and oxygen atoms in total. The number of rotatable bonds is 4. The van der Waals surface area contributed by atoms with Crippen molar-refractivity contribution >= 4 is 28.3 Å². The van der Waals surface area contributed by atoms with Crippen LogP contribution in [0.4, 0.5) is 10.1 Å². The van der Waals surface area contributed by atoms with Crippen LogP contribution in [0.15, 0.2) is 18.2 Å². The predicted octanol–water partition coefficient (Wildman–Crippen LogP) is 4.19. The molecular weight excluding hydrogens is 344 g/mol. The van der Waals surface area contributed by atoms with Crippen LogP contribution in [0.1, 0.15) is 32.6 Å². The fourth-order valence-corrected chi connectivity index (χ4v) is 2.99. The van der Waals surface area contributed by atoms with Crippen LogP contribution in [0.2, 0.25) is 0 Å². The Kier molecular flexibility index (Phi) is 5.24. The van der Waals surface area contributed by atoms with E-state index in [2.05, 4.69) is 34.8 Å². The summed E-state index contributed by atoms with van der Waals surface area (Å²) < 4.78 is 19.7. The van der Waals surface area contributed by atoms with Gasteiger partial charge in [-0.2, -0.15) is 0 Å². The van der Waals surface area contributed by atoms with E-state index < -0.39 is 0 Å². The predicted molar refractivity (Wildman–Crippen MR) is 80.4 cm³/mol. The molecule has 1 aliphatic heterocycles. The van der Waals surface area contributed by atoms with E-state index in [0.29, 0.717) is 12.1 Å². The van der Waals surface area contributed by atoms with Gasteiger partial charge >= 0.3 is 0 Å². The Morgan fingerprint density at radius 2 is 2.33 bits per heavy atom. The van der Waals surface area contributed by atoms with Gasteiger partial charge < -0.3 is 10.1 Å². The molecule has 0 aromatic heterocycles.